The van der Waals surface area contributed by atoms with Crippen molar-refractivity contribution in [3.63, 3.8) is 0 Å². The van der Waals surface area contributed by atoms with E-state index in [0.29, 0.717) is 16.7 Å². The Morgan fingerprint density at radius 3 is 2.29 bits per heavy atom. The van der Waals surface area contributed by atoms with Crippen LogP contribution < -0.4 is 10.5 Å². The Hall–Kier alpha value is -1.51. The van der Waals surface area contributed by atoms with Gasteiger partial charge in [0.1, 0.15) is 11.5 Å². The predicted octanol–water partition coefficient (Wildman–Crippen LogP) is 5.58. The molecule has 3 heteroatoms. The lowest BCUT2D eigenvalue weighted by molar-refractivity contribution is 0.472. The first kappa shape index (κ1) is 15.9. The van der Waals surface area contributed by atoms with Crippen LogP contribution in [-0.2, 0) is 0 Å². The van der Waals surface area contributed by atoms with Gasteiger partial charge in [0.25, 0.3) is 0 Å². The van der Waals surface area contributed by atoms with E-state index in [9.17, 15) is 0 Å². The molecule has 0 saturated carbocycles. The van der Waals surface area contributed by atoms with Crippen molar-refractivity contribution in [3.8, 4) is 11.5 Å². The highest BCUT2D eigenvalue weighted by atomic mass is 35.5. The van der Waals surface area contributed by atoms with Crippen LogP contribution in [0, 0.1) is 6.92 Å². The number of aryl methyl sites for hydroxylation is 1. The predicted molar refractivity (Wildman–Crippen MR) is 89.4 cm³/mol. The van der Waals surface area contributed by atoms with Gasteiger partial charge >= 0.3 is 0 Å². The summed E-state index contributed by atoms with van der Waals surface area (Å²) in [4.78, 5) is 0. The highest BCUT2D eigenvalue weighted by molar-refractivity contribution is 6.32. The molecule has 2 rings (SSSR count). The molecule has 0 saturated heterocycles. The Labute approximate surface area is 131 Å². The maximum atomic E-state index is 6.31. The molecule has 0 bridgehead atoms. The van der Waals surface area contributed by atoms with E-state index in [4.69, 9.17) is 22.1 Å². The summed E-state index contributed by atoms with van der Waals surface area (Å²) in [5.74, 6) is 1.91. The van der Waals surface area contributed by atoms with Crippen molar-refractivity contribution < 1.29 is 4.74 Å². The van der Waals surface area contributed by atoms with Gasteiger partial charge in [0.2, 0.25) is 0 Å². The van der Waals surface area contributed by atoms with E-state index in [-0.39, 0.29) is 6.04 Å². The molecule has 1 atom stereocenters. The summed E-state index contributed by atoms with van der Waals surface area (Å²) in [6.07, 6.45) is 0. The zero-order chi connectivity index (χ0) is 15.6. The van der Waals surface area contributed by atoms with Crippen LogP contribution in [0.5, 0.6) is 11.5 Å². The van der Waals surface area contributed by atoms with Gasteiger partial charge in [-0.15, -0.1) is 0 Å². The maximum absolute atomic E-state index is 6.31. The number of hydrogen-bond donors (Lipinski definition) is 1. The van der Waals surface area contributed by atoms with Gasteiger partial charge in [0, 0.05) is 6.04 Å². The molecule has 0 amide bonds. The van der Waals surface area contributed by atoms with Gasteiger partial charge in [-0.05, 0) is 54.7 Å². The molecule has 2 aromatic rings. The number of rotatable bonds is 4. The molecule has 0 heterocycles. The Morgan fingerprint density at radius 1 is 1.00 bits per heavy atom. The molecule has 0 radical (unpaired) electrons. The van der Waals surface area contributed by atoms with Crippen molar-refractivity contribution in [1.29, 1.82) is 0 Å². The molecule has 2 N–H and O–H groups in total. The average Bonchev–Trinajstić information content (AvgIpc) is 2.40. The third kappa shape index (κ3) is 3.78. The van der Waals surface area contributed by atoms with Crippen molar-refractivity contribution in [2.75, 3.05) is 0 Å². The van der Waals surface area contributed by atoms with Crippen molar-refractivity contribution in [1.82, 2.24) is 0 Å². The molecule has 2 nitrogen and oxygen atoms in total. The molecule has 0 fully saturated rings. The molecule has 0 aliphatic heterocycles. The van der Waals surface area contributed by atoms with Gasteiger partial charge in [-0.2, -0.15) is 0 Å². The lowest BCUT2D eigenvalue weighted by atomic mass is 10.0. The quantitative estimate of drug-likeness (QED) is 0.799. The minimum absolute atomic E-state index is 0.0401. The number of ether oxygens (including phenoxy) is 1. The first-order valence-corrected chi connectivity index (χ1v) is 7.59. The molecular weight excluding hydrogens is 282 g/mol. The van der Waals surface area contributed by atoms with Gasteiger partial charge in [-0.25, -0.2) is 0 Å². The van der Waals surface area contributed by atoms with Crippen LogP contribution in [0.2, 0.25) is 5.02 Å². The van der Waals surface area contributed by atoms with Crippen LogP contribution in [0.15, 0.2) is 36.4 Å². The van der Waals surface area contributed by atoms with E-state index in [1.807, 2.05) is 31.2 Å². The third-order valence-corrected chi connectivity index (χ3v) is 3.79. The van der Waals surface area contributed by atoms with Gasteiger partial charge < -0.3 is 10.5 Å². The van der Waals surface area contributed by atoms with Crippen LogP contribution in [0.25, 0.3) is 0 Å². The molecule has 1 unspecified atom stereocenters. The first-order valence-electron chi connectivity index (χ1n) is 7.22. The summed E-state index contributed by atoms with van der Waals surface area (Å²) < 4.78 is 6.04. The van der Waals surface area contributed by atoms with Gasteiger partial charge in [-0.1, -0.05) is 43.6 Å². The topological polar surface area (TPSA) is 35.2 Å². The molecule has 0 spiro atoms. The van der Waals surface area contributed by atoms with Gasteiger partial charge in [0.05, 0.1) is 5.02 Å². The lowest BCUT2D eigenvalue weighted by Gasteiger charge is -2.16. The molecule has 0 aliphatic rings. The van der Waals surface area contributed by atoms with Crippen molar-refractivity contribution >= 4 is 11.6 Å². The van der Waals surface area contributed by atoms with Gasteiger partial charge in [-0.3, -0.25) is 0 Å². The fourth-order valence-electron chi connectivity index (χ4n) is 2.21. The third-order valence-electron chi connectivity index (χ3n) is 3.49. The Bertz CT molecular complexity index is 635. The van der Waals surface area contributed by atoms with Gasteiger partial charge in [0.15, 0.2) is 0 Å². The Morgan fingerprint density at radius 2 is 1.71 bits per heavy atom. The largest absolute Gasteiger partial charge is 0.455 e. The molecule has 21 heavy (non-hydrogen) atoms. The summed E-state index contributed by atoms with van der Waals surface area (Å²) in [5.41, 5.74) is 9.21. The fourth-order valence-corrected chi connectivity index (χ4v) is 2.44. The molecular formula is C18H22ClNO. The molecule has 2 aromatic carbocycles. The maximum Gasteiger partial charge on any atom is 0.146 e. The molecule has 112 valence electrons. The van der Waals surface area contributed by atoms with E-state index >= 15 is 0 Å². The van der Waals surface area contributed by atoms with E-state index in [0.717, 1.165) is 16.9 Å². The lowest BCUT2D eigenvalue weighted by Crippen LogP contribution is -2.04. The minimum atomic E-state index is -0.0401. The fraction of sp³-hybridized carbons (Fsp3) is 0.333. The van der Waals surface area contributed by atoms with E-state index < -0.39 is 0 Å². The van der Waals surface area contributed by atoms with E-state index in [1.165, 1.54) is 5.56 Å². The van der Waals surface area contributed by atoms with Crippen molar-refractivity contribution in [2.24, 2.45) is 5.73 Å². The van der Waals surface area contributed by atoms with Crippen LogP contribution in [0.4, 0.5) is 0 Å². The van der Waals surface area contributed by atoms with Crippen LogP contribution in [-0.4, -0.2) is 0 Å². The van der Waals surface area contributed by atoms with Crippen LogP contribution >= 0.6 is 11.6 Å². The zero-order valence-corrected chi connectivity index (χ0v) is 13.7. The zero-order valence-electron chi connectivity index (χ0n) is 13.0. The van der Waals surface area contributed by atoms with Crippen molar-refractivity contribution in [3.05, 3.63) is 58.1 Å². The smallest absolute Gasteiger partial charge is 0.146 e. The van der Waals surface area contributed by atoms with Crippen LogP contribution in [0.3, 0.4) is 0 Å². The standard InChI is InChI=1S/C18H22ClNO/c1-11(2)15-7-5-12(3)9-18(15)21-17-8-6-14(13(4)20)10-16(17)19/h5-11,13H,20H2,1-4H3. The van der Waals surface area contributed by atoms with E-state index in [1.54, 1.807) is 0 Å². The second-order valence-corrected chi connectivity index (χ2v) is 6.18. The minimum Gasteiger partial charge on any atom is -0.455 e. The summed E-state index contributed by atoms with van der Waals surface area (Å²) in [6.45, 7) is 8.29. The normalized spacial score (nSPS) is 12.5. The number of benzene rings is 2. The number of nitrogens with two attached hydrogens (primary N) is 1. The molecule has 0 aliphatic carbocycles. The monoisotopic (exact) mass is 303 g/mol. The average molecular weight is 304 g/mol. The highest BCUT2D eigenvalue weighted by Gasteiger charge is 2.12. The summed E-state index contributed by atoms with van der Waals surface area (Å²) in [5, 5.41) is 0.584. The second kappa shape index (κ2) is 6.50. The SMILES string of the molecule is Cc1ccc(C(C)C)c(Oc2ccc(C(C)N)cc2Cl)c1. The summed E-state index contributed by atoms with van der Waals surface area (Å²) >= 11 is 6.31. The van der Waals surface area contributed by atoms with Crippen LogP contribution in [0.1, 0.15) is 49.4 Å². The summed E-state index contributed by atoms with van der Waals surface area (Å²) in [7, 11) is 0. The van der Waals surface area contributed by atoms with E-state index in [2.05, 4.69) is 32.9 Å². The first-order chi connectivity index (χ1) is 9.88. The summed E-state index contributed by atoms with van der Waals surface area (Å²) in [6, 6.07) is 11.9. The highest BCUT2D eigenvalue weighted by Crippen LogP contribution is 2.35. The second-order valence-electron chi connectivity index (χ2n) is 5.78. The Balaban J connectivity index is 2.36. The van der Waals surface area contributed by atoms with Crippen molar-refractivity contribution in [2.45, 2.75) is 39.7 Å². The number of hydrogen-bond acceptors (Lipinski definition) is 2. The number of halogens is 1. The Kier molecular flexibility index (Phi) is 4.92. The molecule has 0 aromatic heterocycles.